The summed E-state index contributed by atoms with van der Waals surface area (Å²) in [5.41, 5.74) is 6.97. The second-order valence-corrected chi connectivity index (χ2v) is 10.4. The molecule has 3 aromatic carbocycles. The van der Waals surface area contributed by atoms with Gasteiger partial charge in [0.25, 0.3) is 0 Å². The molecule has 0 heterocycles. The number of aliphatic carboxylic acids is 1. The van der Waals surface area contributed by atoms with Gasteiger partial charge >= 0.3 is 5.97 Å². The summed E-state index contributed by atoms with van der Waals surface area (Å²) in [7, 11) is 1.72. The van der Waals surface area contributed by atoms with Gasteiger partial charge in [0, 0.05) is 32.0 Å². The molecular weight excluding hydrogens is 535 g/mol. The Morgan fingerprint density at radius 3 is 2.52 bits per heavy atom. The molecule has 1 unspecified atom stereocenters. The van der Waals surface area contributed by atoms with E-state index in [1.165, 1.54) is 29.2 Å². The summed E-state index contributed by atoms with van der Waals surface area (Å²) >= 11 is 0. The number of amides is 1. The highest BCUT2D eigenvalue weighted by Gasteiger charge is 2.26. The largest absolute Gasteiger partial charge is 0.481 e. The van der Waals surface area contributed by atoms with Crippen molar-refractivity contribution in [3.8, 4) is 6.07 Å². The van der Waals surface area contributed by atoms with Crippen LogP contribution in [0.2, 0.25) is 0 Å². The van der Waals surface area contributed by atoms with Crippen molar-refractivity contribution in [2.45, 2.75) is 64.4 Å². The Kier molecular flexibility index (Phi) is 11.9. The van der Waals surface area contributed by atoms with Crippen molar-refractivity contribution in [3.63, 3.8) is 0 Å². The Hall–Kier alpha value is -4.39. The molecule has 42 heavy (non-hydrogen) atoms. The van der Waals surface area contributed by atoms with E-state index >= 15 is 0 Å². The van der Waals surface area contributed by atoms with Gasteiger partial charge in [-0.15, -0.1) is 0 Å². The van der Waals surface area contributed by atoms with E-state index in [0.29, 0.717) is 67.7 Å². The van der Waals surface area contributed by atoms with Crippen molar-refractivity contribution in [2.75, 3.05) is 11.9 Å². The lowest BCUT2D eigenvalue weighted by Crippen LogP contribution is -2.36. The number of carboxylic acids is 1. The van der Waals surface area contributed by atoms with Crippen molar-refractivity contribution >= 4 is 29.6 Å². The zero-order chi connectivity index (χ0) is 30.5. The third kappa shape index (κ3) is 9.61. The average Bonchev–Trinajstić information content (AvgIpc) is 2.97. The molecule has 0 aliphatic rings. The Labute approximate surface area is 246 Å². The molecule has 8 nitrogen and oxygen atoms in total. The number of amidine groups is 1. The molecule has 1 atom stereocenters. The number of anilines is 1. The normalized spacial score (nSPS) is 12.8. The summed E-state index contributed by atoms with van der Waals surface area (Å²) in [5, 5.41) is 18.3. The van der Waals surface area contributed by atoms with Crippen molar-refractivity contribution < 1.29 is 23.9 Å². The first-order valence-electron chi connectivity index (χ1n) is 13.9. The number of carbonyl (C=O) groups excluding carboxylic acids is 1. The maximum absolute atomic E-state index is 13.6. The number of aryl methyl sites for hydroxylation is 2. The van der Waals surface area contributed by atoms with Crippen LogP contribution in [-0.2, 0) is 27.3 Å². The van der Waals surface area contributed by atoms with E-state index in [-0.39, 0.29) is 6.42 Å². The zero-order valence-electron chi connectivity index (χ0n) is 24.3. The third-order valence-electron chi connectivity index (χ3n) is 6.98. The van der Waals surface area contributed by atoms with Crippen LogP contribution in [0.3, 0.4) is 0 Å². The Balaban J connectivity index is 1.87. The highest BCUT2D eigenvalue weighted by Crippen LogP contribution is 2.28. The molecule has 0 saturated carbocycles. The number of benzene rings is 3. The fourth-order valence-corrected chi connectivity index (χ4v) is 4.75. The van der Waals surface area contributed by atoms with Crippen LogP contribution < -0.4 is 10.4 Å². The van der Waals surface area contributed by atoms with E-state index in [0.717, 1.165) is 16.7 Å². The van der Waals surface area contributed by atoms with E-state index in [4.69, 9.17) is 14.9 Å². The van der Waals surface area contributed by atoms with Gasteiger partial charge in [0.15, 0.2) is 0 Å². The van der Waals surface area contributed by atoms with Crippen LogP contribution in [0.25, 0.3) is 0 Å². The van der Waals surface area contributed by atoms with Gasteiger partial charge in [-0.25, -0.2) is 14.9 Å². The molecule has 0 radical (unpaired) electrons. The van der Waals surface area contributed by atoms with E-state index in [2.05, 4.69) is 11.5 Å². The first kappa shape index (κ1) is 32.1. The topological polar surface area (TPSA) is 115 Å². The highest BCUT2D eigenvalue weighted by molar-refractivity contribution is 6.10. The molecule has 1 amide bonds. The van der Waals surface area contributed by atoms with Crippen molar-refractivity contribution in [2.24, 2.45) is 4.99 Å². The molecule has 0 aliphatic heterocycles. The number of unbranched alkanes of at least 4 members (excludes halogenated alkanes) is 1. The van der Waals surface area contributed by atoms with Crippen LogP contribution in [-0.4, -0.2) is 36.0 Å². The predicted molar refractivity (Wildman–Crippen MR) is 161 cm³/mol. The molecule has 0 aliphatic carbocycles. The predicted octanol–water partition coefficient (Wildman–Crippen LogP) is 6.43. The van der Waals surface area contributed by atoms with Crippen molar-refractivity contribution in [3.05, 3.63) is 94.8 Å². The van der Waals surface area contributed by atoms with Gasteiger partial charge < -0.3 is 5.11 Å². The summed E-state index contributed by atoms with van der Waals surface area (Å²) < 4.78 is 13.6. The molecule has 0 saturated heterocycles. The molecule has 3 rings (SSSR count). The maximum Gasteiger partial charge on any atom is 0.303 e. The summed E-state index contributed by atoms with van der Waals surface area (Å²) in [6.45, 7) is 3.96. The monoisotopic (exact) mass is 572 g/mol. The summed E-state index contributed by atoms with van der Waals surface area (Å²) in [5.74, 6) is -0.849. The number of carbonyl (C=O) groups is 2. The number of nitrogens with zero attached hydrogens (tertiary/aromatic N) is 3. The van der Waals surface area contributed by atoms with Crippen LogP contribution in [0.5, 0.6) is 0 Å². The van der Waals surface area contributed by atoms with Crippen LogP contribution in [0.4, 0.5) is 15.8 Å². The molecule has 3 aromatic rings. The fraction of sp³-hybridized carbons (Fsp3) is 0.333. The number of carboxylic acid groups (broad SMARTS) is 1. The minimum Gasteiger partial charge on any atom is -0.481 e. The molecule has 0 spiro atoms. The number of hydrogen-bond acceptors (Lipinski definition) is 6. The quantitative estimate of drug-likeness (QED) is 0.0713. The number of rotatable bonds is 15. The number of hydrogen-bond donors (Lipinski definition) is 2. The van der Waals surface area contributed by atoms with Gasteiger partial charge in [-0.3, -0.25) is 19.3 Å². The van der Waals surface area contributed by atoms with Gasteiger partial charge in [0.2, 0.25) is 6.41 Å². The lowest BCUT2D eigenvalue weighted by atomic mass is 9.89. The van der Waals surface area contributed by atoms with Gasteiger partial charge in [0.05, 0.1) is 22.9 Å². The second kappa shape index (κ2) is 15.6. The second-order valence-electron chi connectivity index (χ2n) is 10.4. The van der Waals surface area contributed by atoms with Gasteiger partial charge in [-0.2, -0.15) is 5.26 Å². The smallest absolute Gasteiger partial charge is 0.303 e. The van der Waals surface area contributed by atoms with Gasteiger partial charge in [-0.05, 0) is 98.7 Å². The lowest BCUT2D eigenvalue weighted by molar-refractivity contribution is -0.137. The van der Waals surface area contributed by atoms with E-state index in [1.807, 2.05) is 50.2 Å². The Morgan fingerprint density at radius 1 is 1.12 bits per heavy atom. The minimum absolute atomic E-state index is 0.0215. The maximum atomic E-state index is 13.6. The minimum atomic E-state index is -0.880. The Bertz CT molecular complexity index is 1430. The number of nitriles is 1. The third-order valence-corrected chi connectivity index (χ3v) is 6.98. The lowest BCUT2D eigenvalue weighted by Gasteiger charge is -2.29. The first-order valence-corrected chi connectivity index (χ1v) is 13.9. The summed E-state index contributed by atoms with van der Waals surface area (Å²) in [6.07, 6.45) is 3.94. The van der Waals surface area contributed by atoms with E-state index in [1.54, 1.807) is 13.1 Å². The van der Waals surface area contributed by atoms with E-state index in [9.17, 15) is 19.2 Å². The zero-order valence-corrected chi connectivity index (χ0v) is 24.3. The molecule has 220 valence electrons. The average molecular weight is 573 g/mol. The number of halogens is 1. The molecular formula is C33H37FN4O4. The van der Waals surface area contributed by atoms with Crippen molar-refractivity contribution in [1.82, 2.24) is 5.48 Å². The fourth-order valence-electron chi connectivity index (χ4n) is 4.75. The molecule has 0 bridgehead atoms. The number of nitrogens with one attached hydrogen (secondary N) is 1. The van der Waals surface area contributed by atoms with Crippen LogP contribution in [0.1, 0.15) is 61.3 Å². The van der Waals surface area contributed by atoms with Gasteiger partial charge in [0.1, 0.15) is 11.7 Å². The first-order chi connectivity index (χ1) is 20.2. The Morgan fingerprint density at radius 2 is 1.86 bits per heavy atom. The molecule has 9 heteroatoms. The van der Waals surface area contributed by atoms with Crippen molar-refractivity contribution in [1.29, 1.82) is 5.26 Å². The standard InChI is InChI=1S/C33H37FN4O4/c1-24-11-12-25(17-18-33(2,42-36-3)21-26-7-6-8-27(19-26)22-35)20-30(24)37-31(9-4-5-10-32(40)41)38(23-39)29-15-13-28(34)14-16-29/h6-8,11-16,19-20,23,36H,4-5,9-10,17-18,21H2,1-3H3,(H,40,41)/b37-31-. The van der Waals surface area contributed by atoms with Crippen LogP contribution in [0.15, 0.2) is 71.7 Å². The number of aliphatic imine (C=N–C) groups is 1. The van der Waals surface area contributed by atoms with E-state index < -0.39 is 17.4 Å². The van der Waals surface area contributed by atoms with Crippen LogP contribution >= 0.6 is 0 Å². The van der Waals surface area contributed by atoms with Gasteiger partial charge in [-0.1, -0.05) is 24.3 Å². The summed E-state index contributed by atoms with van der Waals surface area (Å²) in [6, 6.07) is 21.2. The van der Waals surface area contributed by atoms with Crippen LogP contribution in [0, 0.1) is 24.1 Å². The number of hydroxylamine groups is 1. The SMILES string of the molecule is CNOC(C)(CCc1ccc(C)c(/N=C(/CCCCC(=O)O)N(C=O)c2ccc(F)cc2)c1)Cc1cccc(C#N)c1. The molecule has 2 N–H and O–H groups in total. The molecule has 0 fully saturated rings. The highest BCUT2D eigenvalue weighted by atomic mass is 19.1. The summed E-state index contributed by atoms with van der Waals surface area (Å²) in [4.78, 5) is 35.4. The molecule has 0 aromatic heterocycles.